The minimum Gasteiger partial charge on any atom is -0.463 e. The number of hydrogen-bond acceptors (Lipinski definition) is 4. The monoisotopic (exact) mass is 274 g/mol. The van der Waals surface area contributed by atoms with Gasteiger partial charge in [0, 0.05) is 6.42 Å². The maximum atomic E-state index is 11.4. The molecule has 4 heteroatoms. The predicted molar refractivity (Wildman–Crippen MR) is 75.8 cm³/mol. The first kappa shape index (κ1) is 18.4. The van der Waals surface area contributed by atoms with Crippen LogP contribution in [-0.4, -0.2) is 35.5 Å². The molecule has 0 radical (unpaired) electrons. The average molecular weight is 274 g/mol. The summed E-state index contributed by atoms with van der Waals surface area (Å²) in [5, 5.41) is 17.6. The average Bonchev–Trinajstić information content (AvgIpc) is 2.45. The van der Waals surface area contributed by atoms with Crippen LogP contribution in [0.2, 0.25) is 0 Å². The van der Waals surface area contributed by atoms with Crippen molar-refractivity contribution in [3.63, 3.8) is 0 Å². The molecule has 0 bridgehead atoms. The van der Waals surface area contributed by atoms with E-state index in [1.165, 1.54) is 19.3 Å². The van der Waals surface area contributed by atoms with Gasteiger partial charge in [0.15, 0.2) is 0 Å². The third-order valence-electron chi connectivity index (χ3n) is 4.24. The van der Waals surface area contributed by atoms with Gasteiger partial charge < -0.3 is 14.9 Å². The van der Waals surface area contributed by atoms with Crippen LogP contribution in [-0.2, 0) is 9.53 Å². The molecule has 0 aromatic carbocycles. The molecule has 19 heavy (non-hydrogen) atoms. The number of aliphatic hydroxyl groups is 2. The Hall–Kier alpha value is -0.610. The van der Waals surface area contributed by atoms with E-state index >= 15 is 0 Å². The molecule has 0 saturated heterocycles. The van der Waals surface area contributed by atoms with Crippen LogP contribution in [0.25, 0.3) is 0 Å². The molecule has 0 fully saturated rings. The topological polar surface area (TPSA) is 66.8 Å². The molecule has 0 spiro atoms. The molecule has 0 saturated carbocycles. The zero-order chi connectivity index (χ0) is 14.7. The second kappa shape index (κ2) is 10.2. The highest BCUT2D eigenvalue weighted by molar-refractivity contribution is 5.69. The molecule has 114 valence electrons. The van der Waals surface area contributed by atoms with Gasteiger partial charge in [-0.25, -0.2) is 0 Å². The summed E-state index contributed by atoms with van der Waals surface area (Å²) in [5.74, 6) is -0.289. The van der Waals surface area contributed by atoms with Crippen molar-refractivity contribution in [1.29, 1.82) is 0 Å². The highest BCUT2D eigenvalue weighted by Gasteiger charge is 2.23. The molecule has 4 nitrogen and oxygen atoms in total. The van der Waals surface area contributed by atoms with Gasteiger partial charge in [0.1, 0.15) is 12.7 Å². The van der Waals surface area contributed by atoms with E-state index in [0.29, 0.717) is 11.8 Å². The summed E-state index contributed by atoms with van der Waals surface area (Å²) in [7, 11) is 0. The lowest BCUT2D eigenvalue weighted by molar-refractivity contribution is -0.147. The largest absolute Gasteiger partial charge is 0.463 e. The molecule has 1 unspecified atom stereocenters. The van der Waals surface area contributed by atoms with Gasteiger partial charge in [-0.3, -0.25) is 4.79 Å². The Morgan fingerprint density at radius 3 is 2.21 bits per heavy atom. The van der Waals surface area contributed by atoms with Gasteiger partial charge in [0.2, 0.25) is 0 Å². The van der Waals surface area contributed by atoms with Gasteiger partial charge in [0.25, 0.3) is 0 Å². The van der Waals surface area contributed by atoms with E-state index in [4.69, 9.17) is 14.9 Å². The van der Waals surface area contributed by atoms with Crippen LogP contribution in [0.1, 0.15) is 65.7 Å². The van der Waals surface area contributed by atoms with E-state index in [1.54, 1.807) is 0 Å². The number of carbonyl (C=O) groups is 1. The van der Waals surface area contributed by atoms with E-state index in [2.05, 4.69) is 20.8 Å². The maximum absolute atomic E-state index is 11.4. The number of ether oxygens (including phenoxy) is 1. The second-order valence-corrected chi connectivity index (χ2v) is 5.29. The van der Waals surface area contributed by atoms with Gasteiger partial charge in [-0.2, -0.15) is 0 Å². The Labute approximate surface area is 117 Å². The van der Waals surface area contributed by atoms with Crippen molar-refractivity contribution in [1.82, 2.24) is 0 Å². The molecule has 0 amide bonds. The SMILES string of the molecule is CCC(CC)(CC)CCCCC(=O)OCC(O)CO. The van der Waals surface area contributed by atoms with Gasteiger partial charge in [-0.05, 0) is 18.3 Å². The van der Waals surface area contributed by atoms with Crippen molar-refractivity contribution in [2.45, 2.75) is 71.8 Å². The van der Waals surface area contributed by atoms with Crippen LogP contribution in [0.15, 0.2) is 0 Å². The lowest BCUT2D eigenvalue weighted by Crippen LogP contribution is -2.22. The lowest BCUT2D eigenvalue weighted by atomic mass is 9.76. The Morgan fingerprint density at radius 2 is 1.74 bits per heavy atom. The number of aliphatic hydroxyl groups excluding tert-OH is 2. The third kappa shape index (κ3) is 7.53. The molecule has 2 N–H and O–H groups in total. The second-order valence-electron chi connectivity index (χ2n) is 5.29. The fourth-order valence-corrected chi connectivity index (χ4v) is 2.36. The van der Waals surface area contributed by atoms with Crippen LogP contribution in [0.3, 0.4) is 0 Å². The standard InChI is InChI=1S/C15H30O4/c1-4-15(5-2,6-3)10-8-7-9-14(18)19-12-13(17)11-16/h13,16-17H,4-12H2,1-3H3. The number of hydrogen-bond donors (Lipinski definition) is 2. The van der Waals surface area contributed by atoms with E-state index < -0.39 is 6.10 Å². The molecule has 0 aromatic rings. The quantitative estimate of drug-likeness (QED) is 0.449. The van der Waals surface area contributed by atoms with Gasteiger partial charge in [-0.1, -0.05) is 46.5 Å². The molecule has 0 aromatic heterocycles. The molecular weight excluding hydrogens is 244 g/mol. The Bertz CT molecular complexity index is 228. The fourth-order valence-electron chi connectivity index (χ4n) is 2.36. The van der Waals surface area contributed by atoms with Crippen LogP contribution in [0.4, 0.5) is 0 Å². The first-order chi connectivity index (χ1) is 9.03. The molecular formula is C15H30O4. The first-order valence-electron chi connectivity index (χ1n) is 7.48. The summed E-state index contributed by atoms with van der Waals surface area (Å²) in [5.41, 5.74) is 0.428. The van der Waals surface area contributed by atoms with Crippen molar-refractivity contribution < 1.29 is 19.7 Å². The summed E-state index contributed by atoms with van der Waals surface area (Å²) < 4.78 is 4.86. The van der Waals surface area contributed by atoms with Crippen LogP contribution < -0.4 is 0 Å². The number of unbranched alkanes of at least 4 members (excludes halogenated alkanes) is 1. The molecule has 0 aliphatic carbocycles. The number of carbonyl (C=O) groups excluding carboxylic acids is 1. The molecule has 1 atom stereocenters. The molecule has 0 heterocycles. The van der Waals surface area contributed by atoms with Gasteiger partial charge in [0.05, 0.1) is 6.61 Å². The minimum atomic E-state index is -0.961. The van der Waals surface area contributed by atoms with Crippen LogP contribution >= 0.6 is 0 Å². The smallest absolute Gasteiger partial charge is 0.305 e. The first-order valence-corrected chi connectivity index (χ1v) is 7.48. The number of rotatable bonds is 11. The minimum absolute atomic E-state index is 0.113. The van der Waals surface area contributed by atoms with E-state index in [-0.39, 0.29) is 19.2 Å². The Morgan fingerprint density at radius 1 is 1.16 bits per heavy atom. The number of esters is 1. The summed E-state index contributed by atoms with van der Waals surface area (Å²) in [6.07, 6.45) is 6.02. The van der Waals surface area contributed by atoms with E-state index in [9.17, 15) is 4.79 Å². The molecule has 0 rings (SSSR count). The van der Waals surface area contributed by atoms with Crippen LogP contribution in [0.5, 0.6) is 0 Å². The van der Waals surface area contributed by atoms with Crippen molar-refractivity contribution in [3.05, 3.63) is 0 Å². The zero-order valence-electron chi connectivity index (χ0n) is 12.7. The van der Waals surface area contributed by atoms with Gasteiger partial charge in [-0.15, -0.1) is 0 Å². The van der Waals surface area contributed by atoms with Crippen molar-refractivity contribution in [3.8, 4) is 0 Å². The normalized spacial score (nSPS) is 13.3. The maximum Gasteiger partial charge on any atom is 0.305 e. The molecule has 0 aliphatic rings. The summed E-state index contributed by atoms with van der Waals surface area (Å²) in [6, 6.07) is 0. The van der Waals surface area contributed by atoms with Gasteiger partial charge >= 0.3 is 5.97 Å². The Kier molecular flexibility index (Phi) is 9.88. The summed E-state index contributed by atoms with van der Waals surface area (Å²) >= 11 is 0. The summed E-state index contributed by atoms with van der Waals surface area (Å²) in [4.78, 5) is 11.4. The fraction of sp³-hybridized carbons (Fsp3) is 0.933. The van der Waals surface area contributed by atoms with Crippen molar-refractivity contribution in [2.24, 2.45) is 5.41 Å². The third-order valence-corrected chi connectivity index (χ3v) is 4.24. The highest BCUT2D eigenvalue weighted by Crippen LogP contribution is 2.35. The van der Waals surface area contributed by atoms with Crippen molar-refractivity contribution >= 4 is 5.97 Å². The zero-order valence-corrected chi connectivity index (χ0v) is 12.7. The highest BCUT2D eigenvalue weighted by atomic mass is 16.5. The Balaban J connectivity index is 3.76. The van der Waals surface area contributed by atoms with Crippen molar-refractivity contribution in [2.75, 3.05) is 13.2 Å². The molecule has 0 aliphatic heterocycles. The predicted octanol–water partition coefficient (Wildman–Crippen LogP) is 2.66. The lowest BCUT2D eigenvalue weighted by Gasteiger charge is -2.30. The van der Waals surface area contributed by atoms with E-state index in [0.717, 1.165) is 19.3 Å². The summed E-state index contributed by atoms with van der Waals surface area (Å²) in [6.45, 7) is 6.21. The van der Waals surface area contributed by atoms with Crippen LogP contribution in [0, 0.1) is 5.41 Å². The van der Waals surface area contributed by atoms with E-state index in [1.807, 2.05) is 0 Å².